The van der Waals surface area contributed by atoms with E-state index in [9.17, 15) is 0 Å². The van der Waals surface area contributed by atoms with Crippen molar-refractivity contribution in [2.75, 3.05) is 32.1 Å². The van der Waals surface area contributed by atoms with E-state index in [2.05, 4.69) is 34.9 Å². The lowest BCUT2D eigenvalue weighted by Gasteiger charge is -2.31. The molecule has 5 nitrogen and oxygen atoms in total. The number of nitrogens with zero attached hydrogens (tertiary/aromatic N) is 3. The van der Waals surface area contributed by atoms with Crippen molar-refractivity contribution in [3.8, 4) is 0 Å². The summed E-state index contributed by atoms with van der Waals surface area (Å²) < 4.78 is 0. The molecule has 1 aliphatic heterocycles. The second kappa shape index (κ2) is 5.79. The third-order valence-corrected chi connectivity index (χ3v) is 3.84. The molecular formula is C15H25N5. The maximum absolute atomic E-state index is 7.86. The molecule has 1 aromatic heterocycles. The van der Waals surface area contributed by atoms with Gasteiger partial charge in [0.2, 0.25) is 0 Å². The standard InChI is InChI=1S/C15H25N5/c1-10-8-13(14(15(16)17)11(2)18-10)20-7-5-6-12(20)9-19(3)4/h8,12H,5-7,9H2,1-4H3,(H3,16,17). The molecule has 110 valence electrons. The second-order valence-electron chi connectivity index (χ2n) is 5.91. The van der Waals surface area contributed by atoms with Crippen LogP contribution in [-0.4, -0.2) is 48.9 Å². The SMILES string of the molecule is Cc1cc(N2CCCC2CN(C)C)c(C(=N)N)c(C)n1. The van der Waals surface area contributed by atoms with Gasteiger partial charge >= 0.3 is 0 Å². The number of nitrogens with two attached hydrogens (primary N) is 1. The van der Waals surface area contributed by atoms with E-state index in [4.69, 9.17) is 11.1 Å². The Hall–Kier alpha value is -1.62. The van der Waals surface area contributed by atoms with Gasteiger partial charge in [0.25, 0.3) is 0 Å². The van der Waals surface area contributed by atoms with Crippen LogP contribution < -0.4 is 10.6 Å². The first kappa shape index (κ1) is 14.8. The normalized spacial score (nSPS) is 18.9. The molecule has 0 aliphatic carbocycles. The summed E-state index contributed by atoms with van der Waals surface area (Å²) in [5.41, 5.74) is 9.49. The molecule has 2 rings (SSSR count). The summed E-state index contributed by atoms with van der Waals surface area (Å²) in [4.78, 5) is 9.08. The lowest BCUT2D eigenvalue weighted by molar-refractivity contribution is 0.372. The molecule has 0 aromatic carbocycles. The first-order valence-corrected chi connectivity index (χ1v) is 7.14. The highest BCUT2D eigenvalue weighted by molar-refractivity contribution is 6.01. The molecule has 20 heavy (non-hydrogen) atoms. The second-order valence-corrected chi connectivity index (χ2v) is 5.91. The molecule has 0 radical (unpaired) electrons. The van der Waals surface area contributed by atoms with Crippen LogP contribution in [-0.2, 0) is 0 Å². The van der Waals surface area contributed by atoms with Crippen LogP contribution in [0.5, 0.6) is 0 Å². The van der Waals surface area contributed by atoms with Crippen LogP contribution in [0.2, 0.25) is 0 Å². The van der Waals surface area contributed by atoms with Gasteiger partial charge in [0.1, 0.15) is 5.84 Å². The van der Waals surface area contributed by atoms with E-state index in [1.807, 2.05) is 13.8 Å². The summed E-state index contributed by atoms with van der Waals surface area (Å²) in [6.07, 6.45) is 2.38. The number of hydrogen-bond acceptors (Lipinski definition) is 4. The first-order chi connectivity index (χ1) is 9.40. The Bertz CT molecular complexity index is 509. The minimum absolute atomic E-state index is 0.112. The van der Waals surface area contributed by atoms with Crippen molar-refractivity contribution >= 4 is 11.5 Å². The molecule has 2 heterocycles. The topological polar surface area (TPSA) is 69.2 Å². The van der Waals surface area contributed by atoms with Crippen LogP contribution in [0.25, 0.3) is 0 Å². The molecule has 1 fully saturated rings. The Kier molecular flexibility index (Phi) is 4.28. The van der Waals surface area contributed by atoms with E-state index in [0.29, 0.717) is 6.04 Å². The number of hydrogen-bond donors (Lipinski definition) is 2. The van der Waals surface area contributed by atoms with Crippen LogP contribution in [0.1, 0.15) is 29.8 Å². The predicted molar refractivity (Wildman–Crippen MR) is 83.6 cm³/mol. The summed E-state index contributed by atoms with van der Waals surface area (Å²) >= 11 is 0. The zero-order chi connectivity index (χ0) is 14.9. The molecular weight excluding hydrogens is 250 g/mol. The number of nitrogens with one attached hydrogen (secondary N) is 1. The van der Waals surface area contributed by atoms with Crippen LogP contribution >= 0.6 is 0 Å². The number of anilines is 1. The molecule has 1 atom stereocenters. The lowest BCUT2D eigenvalue weighted by Crippen LogP contribution is -2.38. The minimum atomic E-state index is 0.112. The third kappa shape index (κ3) is 2.93. The van der Waals surface area contributed by atoms with Gasteiger partial charge in [0.05, 0.1) is 16.9 Å². The molecule has 0 bridgehead atoms. The van der Waals surface area contributed by atoms with Gasteiger partial charge in [-0.2, -0.15) is 0 Å². The molecule has 1 aliphatic rings. The number of nitrogen functional groups attached to an aromatic ring is 1. The zero-order valence-corrected chi connectivity index (χ0v) is 12.9. The Morgan fingerprint density at radius 2 is 2.20 bits per heavy atom. The molecule has 5 heteroatoms. The van der Waals surface area contributed by atoms with E-state index in [1.54, 1.807) is 0 Å². The summed E-state index contributed by atoms with van der Waals surface area (Å²) in [6.45, 7) is 5.99. The van der Waals surface area contributed by atoms with Crippen LogP contribution in [0.3, 0.4) is 0 Å². The summed E-state index contributed by atoms with van der Waals surface area (Å²) in [6, 6.07) is 2.56. The number of aryl methyl sites for hydroxylation is 2. The Morgan fingerprint density at radius 3 is 2.80 bits per heavy atom. The molecule has 0 saturated carbocycles. The fraction of sp³-hybridized carbons (Fsp3) is 0.600. The van der Waals surface area contributed by atoms with Crippen molar-refractivity contribution in [1.29, 1.82) is 5.41 Å². The van der Waals surface area contributed by atoms with Crippen molar-refractivity contribution in [2.24, 2.45) is 5.73 Å². The monoisotopic (exact) mass is 275 g/mol. The van der Waals surface area contributed by atoms with Crippen LogP contribution in [0.4, 0.5) is 5.69 Å². The molecule has 1 saturated heterocycles. The maximum atomic E-state index is 7.86. The Labute approximate surface area is 121 Å². The molecule has 1 unspecified atom stereocenters. The van der Waals surface area contributed by atoms with Gasteiger partial charge in [-0.1, -0.05) is 0 Å². The van der Waals surface area contributed by atoms with Crippen molar-refractivity contribution in [2.45, 2.75) is 32.7 Å². The van der Waals surface area contributed by atoms with Gasteiger partial charge in [0.15, 0.2) is 0 Å². The molecule has 3 N–H and O–H groups in total. The lowest BCUT2D eigenvalue weighted by atomic mass is 10.1. The predicted octanol–water partition coefficient (Wildman–Crippen LogP) is 1.51. The minimum Gasteiger partial charge on any atom is -0.384 e. The average molecular weight is 275 g/mol. The third-order valence-electron chi connectivity index (χ3n) is 3.84. The summed E-state index contributed by atoms with van der Waals surface area (Å²) in [5, 5.41) is 7.86. The van der Waals surface area contributed by atoms with E-state index < -0.39 is 0 Å². The summed E-state index contributed by atoms with van der Waals surface area (Å²) in [7, 11) is 4.21. The fourth-order valence-corrected chi connectivity index (χ4v) is 3.13. The zero-order valence-electron chi connectivity index (χ0n) is 12.9. The quantitative estimate of drug-likeness (QED) is 0.645. The highest BCUT2D eigenvalue weighted by Gasteiger charge is 2.28. The molecule has 1 aromatic rings. The molecule has 0 amide bonds. The number of pyridine rings is 1. The van der Waals surface area contributed by atoms with Crippen molar-refractivity contribution in [1.82, 2.24) is 9.88 Å². The van der Waals surface area contributed by atoms with Crippen molar-refractivity contribution in [3.05, 3.63) is 23.0 Å². The van der Waals surface area contributed by atoms with E-state index in [-0.39, 0.29) is 5.84 Å². The van der Waals surface area contributed by atoms with Gasteiger partial charge in [-0.25, -0.2) is 0 Å². The highest BCUT2D eigenvalue weighted by Crippen LogP contribution is 2.30. The molecule has 0 spiro atoms. The number of likely N-dealkylation sites (N-methyl/N-ethyl adjacent to an activating group) is 1. The van der Waals surface area contributed by atoms with Gasteiger partial charge in [-0.15, -0.1) is 0 Å². The Morgan fingerprint density at radius 1 is 1.50 bits per heavy atom. The van der Waals surface area contributed by atoms with Gasteiger partial charge in [0, 0.05) is 24.8 Å². The van der Waals surface area contributed by atoms with Gasteiger partial charge < -0.3 is 15.5 Å². The highest BCUT2D eigenvalue weighted by atomic mass is 15.2. The van der Waals surface area contributed by atoms with E-state index in [1.165, 1.54) is 12.8 Å². The van der Waals surface area contributed by atoms with Crippen molar-refractivity contribution < 1.29 is 0 Å². The summed E-state index contributed by atoms with van der Waals surface area (Å²) in [5.74, 6) is 0.112. The first-order valence-electron chi connectivity index (χ1n) is 7.14. The number of amidine groups is 1. The number of rotatable bonds is 4. The van der Waals surface area contributed by atoms with Gasteiger partial charge in [-0.3, -0.25) is 10.4 Å². The largest absolute Gasteiger partial charge is 0.384 e. The van der Waals surface area contributed by atoms with E-state index >= 15 is 0 Å². The van der Waals surface area contributed by atoms with Crippen molar-refractivity contribution in [3.63, 3.8) is 0 Å². The van der Waals surface area contributed by atoms with Gasteiger partial charge in [-0.05, 0) is 46.9 Å². The van der Waals surface area contributed by atoms with E-state index in [0.717, 1.165) is 35.7 Å². The fourth-order valence-electron chi connectivity index (χ4n) is 3.13. The maximum Gasteiger partial charge on any atom is 0.126 e. The number of aromatic nitrogens is 1. The average Bonchev–Trinajstić information content (AvgIpc) is 2.74. The van der Waals surface area contributed by atoms with Crippen LogP contribution in [0.15, 0.2) is 6.07 Å². The Balaban J connectivity index is 2.43. The smallest absolute Gasteiger partial charge is 0.126 e. The van der Waals surface area contributed by atoms with Crippen LogP contribution in [0, 0.1) is 19.3 Å².